The number of anilines is 1. The second-order valence-electron chi connectivity index (χ2n) is 5.06. The van der Waals surface area contributed by atoms with E-state index in [-0.39, 0.29) is 16.7 Å². The molecule has 20 heavy (non-hydrogen) atoms. The zero-order chi connectivity index (χ0) is 15.1. The topological polar surface area (TPSA) is 63.7 Å². The van der Waals surface area contributed by atoms with E-state index in [9.17, 15) is 13.2 Å². The molecule has 1 atom stereocenters. The summed E-state index contributed by atoms with van der Waals surface area (Å²) < 4.78 is 29.4. The van der Waals surface area contributed by atoms with Crippen LogP contribution < -0.4 is 4.90 Å². The van der Waals surface area contributed by atoms with E-state index in [1.54, 1.807) is 6.07 Å². The zero-order valence-electron chi connectivity index (χ0n) is 12.1. The van der Waals surface area contributed by atoms with Crippen LogP contribution in [0.3, 0.4) is 0 Å². The Hall–Kier alpha value is -1.56. The molecule has 2 rings (SSSR count). The summed E-state index contributed by atoms with van der Waals surface area (Å²) in [7, 11) is -0.197. The summed E-state index contributed by atoms with van der Waals surface area (Å²) in [6.45, 7) is 3.80. The van der Waals surface area contributed by atoms with Crippen LogP contribution in [0.5, 0.6) is 0 Å². The molecule has 1 aliphatic heterocycles. The summed E-state index contributed by atoms with van der Waals surface area (Å²) in [6, 6.07) is 3.16. The highest BCUT2D eigenvalue weighted by Crippen LogP contribution is 2.35. The van der Waals surface area contributed by atoms with Crippen LogP contribution in [0.4, 0.5) is 5.69 Å². The smallest absolute Gasteiger partial charge is 0.338 e. The summed E-state index contributed by atoms with van der Waals surface area (Å²) in [5.41, 5.74) is 1.79. The minimum absolute atomic E-state index is 0.0581. The summed E-state index contributed by atoms with van der Waals surface area (Å²) in [4.78, 5) is 14.0. The van der Waals surface area contributed by atoms with Crippen molar-refractivity contribution in [1.82, 2.24) is 0 Å². The van der Waals surface area contributed by atoms with Gasteiger partial charge in [-0.3, -0.25) is 0 Å². The van der Waals surface area contributed by atoms with Crippen molar-refractivity contribution in [2.45, 2.75) is 31.2 Å². The van der Waals surface area contributed by atoms with Crippen molar-refractivity contribution in [3.8, 4) is 0 Å². The number of sulfone groups is 1. The van der Waals surface area contributed by atoms with E-state index >= 15 is 0 Å². The fraction of sp³-hybridized carbons (Fsp3) is 0.500. The molecule has 0 amide bonds. The van der Waals surface area contributed by atoms with E-state index in [1.807, 2.05) is 25.8 Å². The summed E-state index contributed by atoms with van der Waals surface area (Å²) in [6.07, 6.45) is 0.639. The van der Waals surface area contributed by atoms with E-state index in [0.717, 1.165) is 5.56 Å². The van der Waals surface area contributed by atoms with Crippen LogP contribution in [0.15, 0.2) is 17.0 Å². The highest BCUT2D eigenvalue weighted by molar-refractivity contribution is 7.91. The predicted octanol–water partition coefficient (Wildman–Crippen LogP) is 1.65. The van der Waals surface area contributed by atoms with Gasteiger partial charge in [0.15, 0.2) is 9.84 Å². The summed E-state index contributed by atoms with van der Waals surface area (Å²) in [5.74, 6) is -0.441. The molecule has 1 aromatic rings. The quantitative estimate of drug-likeness (QED) is 0.777. The molecule has 1 unspecified atom stereocenters. The Kier molecular flexibility index (Phi) is 3.77. The Labute approximate surface area is 119 Å². The van der Waals surface area contributed by atoms with Crippen LogP contribution in [0.2, 0.25) is 0 Å². The lowest BCUT2D eigenvalue weighted by atomic mass is 10.0. The van der Waals surface area contributed by atoms with Gasteiger partial charge in [0.05, 0.1) is 29.0 Å². The van der Waals surface area contributed by atoms with E-state index in [1.165, 1.54) is 13.2 Å². The van der Waals surface area contributed by atoms with Crippen molar-refractivity contribution >= 4 is 21.5 Å². The molecule has 1 aliphatic rings. The molecule has 0 fully saturated rings. The van der Waals surface area contributed by atoms with Gasteiger partial charge in [0.25, 0.3) is 0 Å². The number of benzene rings is 1. The van der Waals surface area contributed by atoms with Gasteiger partial charge in [-0.25, -0.2) is 13.2 Å². The molecule has 0 N–H and O–H groups in total. The third kappa shape index (κ3) is 2.28. The minimum Gasteiger partial charge on any atom is -0.465 e. The van der Waals surface area contributed by atoms with Gasteiger partial charge in [-0.1, -0.05) is 6.92 Å². The maximum absolute atomic E-state index is 12.3. The number of hydrogen-bond donors (Lipinski definition) is 0. The van der Waals surface area contributed by atoms with Crippen LogP contribution >= 0.6 is 0 Å². The number of nitrogens with zero attached hydrogens (tertiary/aromatic N) is 1. The fourth-order valence-corrected chi connectivity index (χ4v) is 4.34. The third-order valence-electron chi connectivity index (χ3n) is 3.81. The molecular formula is C14H19NO4S. The number of hydrogen-bond acceptors (Lipinski definition) is 5. The number of ether oxygens (including phenoxy) is 1. The minimum atomic E-state index is -3.36. The number of methoxy groups -OCH3 is 1. The van der Waals surface area contributed by atoms with Crippen molar-refractivity contribution in [3.05, 3.63) is 23.3 Å². The van der Waals surface area contributed by atoms with Crippen LogP contribution in [0, 0.1) is 0 Å². The maximum Gasteiger partial charge on any atom is 0.338 e. The first-order valence-electron chi connectivity index (χ1n) is 6.52. The lowest BCUT2D eigenvalue weighted by Crippen LogP contribution is -2.40. The molecule has 0 aromatic heterocycles. The van der Waals surface area contributed by atoms with E-state index in [4.69, 9.17) is 4.74 Å². The molecule has 0 spiro atoms. The average molecular weight is 297 g/mol. The first-order chi connectivity index (χ1) is 9.31. The molecule has 0 saturated heterocycles. The number of carbonyl (C=O) groups excluding carboxylic acids is 1. The van der Waals surface area contributed by atoms with Gasteiger partial charge in [0.1, 0.15) is 0 Å². The first-order valence-corrected chi connectivity index (χ1v) is 8.17. The Balaban J connectivity index is 2.73. The average Bonchev–Trinajstić information content (AvgIpc) is 2.42. The van der Waals surface area contributed by atoms with Gasteiger partial charge in [-0.05, 0) is 31.0 Å². The van der Waals surface area contributed by atoms with Crippen molar-refractivity contribution in [2.24, 2.45) is 0 Å². The maximum atomic E-state index is 12.3. The van der Waals surface area contributed by atoms with E-state index in [2.05, 4.69) is 0 Å². The van der Waals surface area contributed by atoms with Crippen molar-refractivity contribution in [2.75, 3.05) is 24.8 Å². The second kappa shape index (κ2) is 5.09. The molecule has 0 aliphatic carbocycles. The van der Waals surface area contributed by atoms with Crippen molar-refractivity contribution in [1.29, 1.82) is 0 Å². The van der Waals surface area contributed by atoms with Gasteiger partial charge < -0.3 is 9.64 Å². The van der Waals surface area contributed by atoms with Crippen LogP contribution in [-0.2, 0) is 21.0 Å². The molecule has 1 aromatic carbocycles. The third-order valence-corrected chi connectivity index (χ3v) is 5.73. The van der Waals surface area contributed by atoms with Crippen molar-refractivity contribution < 1.29 is 17.9 Å². The Bertz CT molecular complexity index is 651. The molecule has 0 saturated carbocycles. The number of rotatable bonds is 2. The molecule has 5 nitrogen and oxygen atoms in total. The molecule has 6 heteroatoms. The lowest BCUT2D eigenvalue weighted by molar-refractivity contribution is 0.0599. The highest BCUT2D eigenvalue weighted by atomic mass is 32.2. The molecule has 0 bridgehead atoms. The largest absolute Gasteiger partial charge is 0.465 e. The molecular weight excluding hydrogens is 278 g/mol. The SMILES string of the molecule is CCc1cc2c(cc1C(=O)OC)S(=O)(=O)CC(C)N2C. The number of carbonyl (C=O) groups is 1. The Morgan fingerprint density at radius 2 is 2.10 bits per heavy atom. The second-order valence-corrected chi connectivity index (χ2v) is 7.07. The Morgan fingerprint density at radius 1 is 1.45 bits per heavy atom. The lowest BCUT2D eigenvalue weighted by Gasteiger charge is -2.34. The first kappa shape index (κ1) is 14.8. The predicted molar refractivity (Wildman–Crippen MR) is 77.1 cm³/mol. The number of fused-ring (bicyclic) bond motifs is 1. The van der Waals surface area contributed by atoms with Gasteiger partial charge >= 0.3 is 5.97 Å². The molecule has 110 valence electrons. The van der Waals surface area contributed by atoms with Crippen LogP contribution in [-0.4, -0.2) is 40.3 Å². The van der Waals surface area contributed by atoms with E-state index < -0.39 is 15.8 Å². The van der Waals surface area contributed by atoms with E-state index in [0.29, 0.717) is 17.7 Å². The normalized spacial score (nSPS) is 20.4. The molecule has 0 radical (unpaired) electrons. The van der Waals surface area contributed by atoms with Crippen molar-refractivity contribution in [3.63, 3.8) is 0 Å². The summed E-state index contributed by atoms with van der Waals surface area (Å²) >= 11 is 0. The van der Waals surface area contributed by atoms with Crippen LogP contribution in [0.1, 0.15) is 29.8 Å². The van der Waals surface area contributed by atoms with Gasteiger partial charge in [-0.2, -0.15) is 0 Å². The molecule has 1 heterocycles. The fourth-order valence-electron chi connectivity index (χ4n) is 2.49. The van der Waals surface area contributed by atoms with Gasteiger partial charge in [0, 0.05) is 13.1 Å². The standard InChI is InChI=1S/C14H19NO4S/c1-5-10-6-12-13(7-11(10)14(16)19-4)20(17,18)8-9(2)15(12)3/h6-7,9H,5,8H2,1-4H3. The summed E-state index contributed by atoms with van der Waals surface area (Å²) in [5, 5.41) is 0. The Morgan fingerprint density at radius 3 is 2.65 bits per heavy atom. The number of esters is 1. The monoisotopic (exact) mass is 297 g/mol. The number of aryl methyl sites for hydroxylation is 1. The van der Waals surface area contributed by atoms with Gasteiger partial charge in [0.2, 0.25) is 0 Å². The highest BCUT2D eigenvalue weighted by Gasteiger charge is 2.33. The zero-order valence-corrected chi connectivity index (χ0v) is 13.0. The van der Waals surface area contributed by atoms with Gasteiger partial charge in [-0.15, -0.1) is 0 Å². The van der Waals surface area contributed by atoms with Crippen LogP contribution in [0.25, 0.3) is 0 Å².